The van der Waals surface area contributed by atoms with Crippen molar-refractivity contribution in [3.63, 3.8) is 0 Å². The summed E-state index contributed by atoms with van der Waals surface area (Å²) in [6, 6.07) is 13.7. The molecule has 0 bridgehead atoms. The van der Waals surface area contributed by atoms with Crippen molar-refractivity contribution in [2.24, 2.45) is 20.5 Å². The molecular weight excluding hydrogens is 996 g/mol. The molecule has 0 aliphatic carbocycles. The maximum Gasteiger partial charge on any atom is 0.258 e. The van der Waals surface area contributed by atoms with Gasteiger partial charge in [-0.3, -0.25) is 28.8 Å². The Balaban J connectivity index is 1.27. The van der Waals surface area contributed by atoms with Crippen molar-refractivity contribution in [2.45, 2.75) is 39.8 Å². The van der Waals surface area contributed by atoms with Gasteiger partial charge in [-0.05, 0) is 112 Å². The molecule has 0 heterocycles. The van der Waals surface area contributed by atoms with Gasteiger partial charge >= 0.3 is 0 Å². The Hall–Kier alpha value is -5.16. The number of azo groups is 2. The highest BCUT2D eigenvalue weighted by Gasteiger charge is 2.27. The molecule has 64 heavy (non-hydrogen) atoms. The molecule has 5 rings (SSSR count). The first-order valence-electron chi connectivity index (χ1n) is 18.2. The number of anilines is 4. The first-order chi connectivity index (χ1) is 30.1. The summed E-state index contributed by atoms with van der Waals surface area (Å²) in [5.41, 5.74) is 1.74. The number of nitrogens with zero attached hydrogens (tertiary/aromatic N) is 4. The number of halogens is 8. The highest BCUT2D eigenvalue weighted by atomic mass is 35.5. The first kappa shape index (κ1) is 49.8. The van der Waals surface area contributed by atoms with Crippen LogP contribution in [0.25, 0.3) is 0 Å². The van der Waals surface area contributed by atoms with Crippen LogP contribution in [-0.2, 0) is 19.2 Å². The summed E-state index contributed by atoms with van der Waals surface area (Å²) in [4.78, 5) is 78.2. The molecule has 4 N–H and O–H groups in total. The van der Waals surface area contributed by atoms with Gasteiger partial charge < -0.3 is 21.3 Å². The molecule has 0 fully saturated rings. The summed E-state index contributed by atoms with van der Waals surface area (Å²) in [6.07, 6.45) is 0. The van der Waals surface area contributed by atoms with E-state index in [1.807, 2.05) is 0 Å². The zero-order valence-corrected chi connectivity index (χ0v) is 39.4. The van der Waals surface area contributed by atoms with Crippen LogP contribution in [0.5, 0.6) is 0 Å². The quantitative estimate of drug-likeness (QED) is 0.0484. The second-order valence-electron chi connectivity index (χ2n) is 13.7. The van der Waals surface area contributed by atoms with Crippen molar-refractivity contribution in [1.29, 1.82) is 0 Å². The minimum atomic E-state index is -1.62. The number of ketones is 2. The highest BCUT2D eigenvalue weighted by molar-refractivity contribution is 6.47. The van der Waals surface area contributed by atoms with Gasteiger partial charge in [0.05, 0.1) is 52.9 Å². The zero-order chi connectivity index (χ0) is 47.2. The minimum Gasteiger partial charge on any atom is -0.324 e. The second kappa shape index (κ2) is 21.7. The standard InChI is InChI=1S/C42H30Cl8N8O6/c1-17-9-25(51-41(63)35(19(3)59)57-55-26-13-21(11-23(43)15-26)39(61)53-37-30(47)7-5-28(45)32(37)49)10-18(2)34(17)52-42(64)36(20(4)60)58-56-27-14-22(12-24(44)16-27)40(62)54-38-31(48)8-6-29(46)33(38)50/h5-16,35-36H,1-4H3,(H,51,63)(H,52,64)(H,53,61)(H,54,62). The van der Waals surface area contributed by atoms with Crippen molar-refractivity contribution in [3.05, 3.63) is 135 Å². The maximum absolute atomic E-state index is 13.4. The van der Waals surface area contributed by atoms with Gasteiger partial charge in [-0.2, -0.15) is 20.5 Å². The number of amides is 4. The van der Waals surface area contributed by atoms with E-state index in [2.05, 4.69) is 41.7 Å². The molecule has 0 aliphatic heterocycles. The largest absolute Gasteiger partial charge is 0.324 e. The second-order valence-corrected chi connectivity index (χ2v) is 16.9. The number of aryl methyl sites for hydroxylation is 2. The molecule has 22 heteroatoms. The van der Waals surface area contributed by atoms with E-state index in [0.29, 0.717) is 16.8 Å². The van der Waals surface area contributed by atoms with Crippen molar-refractivity contribution < 1.29 is 28.8 Å². The summed E-state index contributed by atoms with van der Waals surface area (Å²) in [5, 5.41) is 27.2. The van der Waals surface area contributed by atoms with E-state index in [-0.39, 0.29) is 79.7 Å². The molecule has 0 saturated heterocycles. The Morgan fingerprint density at radius 3 is 1.23 bits per heavy atom. The van der Waals surface area contributed by atoms with Gasteiger partial charge in [0.2, 0.25) is 12.1 Å². The van der Waals surface area contributed by atoms with Crippen LogP contribution >= 0.6 is 92.8 Å². The fraction of sp³-hybridized carbons (Fsp3) is 0.143. The molecule has 0 saturated carbocycles. The van der Waals surface area contributed by atoms with Crippen LogP contribution < -0.4 is 21.3 Å². The van der Waals surface area contributed by atoms with E-state index in [9.17, 15) is 28.8 Å². The number of hydrogen-bond donors (Lipinski definition) is 4. The van der Waals surface area contributed by atoms with Crippen molar-refractivity contribution in [1.82, 2.24) is 0 Å². The Morgan fingerprint density at radius 1 is 0.469 bits per heavy atom. The van der Waals surface area contributed by atoms with E-state index in [0.717, 1.165) is 13.8 Å². The average molecular weight is 1030 g/mol. The smallest absolute Gasteiger partial charge is 0.258 e. The molecular formula is C42H30Cl8N8O6. The van der Waals surface area contributed by atoms with E-state index < -0.39 is 47.3 Å². The number of carbonyl (C=O) groups is 6. The number of carbonyl (C=O) groups excluding carboxylic acids is 6. The molecule has 330 valence electrons. The van der Waals surface area contributed by atoms with E-state index in [1.54, 1.807) is 13.8 Å². The number of benzene rings is 5. The minimum absolute atomic E-state index is 0.0232. The zero-order valence-electron chi connectivity index (χ0n) is 33.3. The van der Waals surface area contributed by atoms with E-state index in [4.69, 9.17) is 92.8 Å². The van der Waals surface area contributed by atoms with E-state index in [1.165, 1.54) is 72.8 Å². The third-order valence-electron chi connectivity index (χ3n) is 8.75. The lowest BCUT2D eigenvalue weighted by molar-refractivity contribution is -0.127. The molecule has 0 spiro atoms. The average Bonchev–Trinajstić information content (AvgIpc) is 3.21. The lowest BCUT2D eigenvalue weighted by Crippen LogP contribution is -2.33. The normalized spacial score (nSPS) is 12.2. The Morgan fingerprint density at radius 2 is 0.844 bits per heavy atom. The van der Waals surface area contributed by atoms with Gasteiger partial charge in [-0.25, -0.2) is 0 Å². The van der Waals surface area contributed by atoms with Crippen LogP contribution in [0.1, 0.15) is 45.7 Å². The SMILES string of the molecule is CC(=O)C(N=Nc1cc(Cl)cc(C(=O)Nc2c(Cl)ccc(Cl)c2Cl)c1)C(=O)Nc1cc(C)c(NC(=O)C(N=Nc2cc(Cl)cc(C(=O)Nc3c(Cl)ccc(Cl)c3Cl)c2)C(C)=O)c(C)c1. The van der Waals surface area contributed by atoms with Crippen molar-refractivity contribution in [2.75, 3.05) is 21.3 Å². The van der Waals surface area contributed by atoms with E-state index >= 15 is 0 Å². The Bertz CT molecular complexity index is 2800. The third kappa shape index (κ3) is 12.5. The lowest BCUT2D eigenvalue weighted by atomic mass is 10.1. The lowest BCUT2D eigenvalue weighted by Gasteiger charge is -2.17. The summed E-state index contributed by atoms with van der Waals surface area (Å²) < 4.78 is 0. The third-order valence-corrected chi connectivity index (χ3v) is 11.4. The predicted octanol–water partition coefficient (Wildman–Crippen LogP) is 13.4. The molecule has 14 nitrogen and oxygen atoms in total. The van der Waals surface area contributed by atoms with Crippen LogP contribution in [0.4, 0.5) is 34.1 Å². The number of nitrogens with one attached hydrogen (secondary N) is 4. The number of hydrogen-bond acceptors (Lipinski definition) is 10. The van der Waals surface area contributed by atoms with Crippen LogP contribution in [0, 0.1) is 13.8 Å². The van der Waals surface area contributed by atoms with Gasteiger partial charge in [0.15, 0.2) is 11.6 Å². The summed E-state index contributed by atoms with van der Waals surface area (Å²) in [5.74, 6) is -4.31. The van der Waals surface area contributed by atoms with Crippen LogP contribution in [0.15, 0.2) is 93.3 Å². The summed E-state index contributed by atoms with van der Waals surface area (Å²) in [6.45, 7) is 5.56. The first-order valence-corrected chi connectivity index (χ1v) is 21.2. The monoisotopic (exact) mass is 1020 g/mol. The number of rotatable bonds is 14. The van der Waals surface area contributed by atoms with Crippen molar-refractivity contribution in [3.8, 4) is 0 Å². The molecule has 2 unspecified atom stereocenters. The van der Waals surface area contributed by atoms with Gasteiger partial charge in [-0.15, -0.1) is 0 Å². The topological polar surface area (TPSA) is 200 Å². The predicted molar refractivity (Wildman–Crippen MR) is 253 cm³/mol. The summed E-state index contributed by atoms with van der Waals surface area (Å²) in [7, 11) is 0. The molecule has 0 aromatic heterocycles. The van der Waals surface area contributed by atoms with Crippen LogP contribution in [0.3, 0.4) is 0 Å². The van der Waals surface area contributed by atoms with Gasteiger partial charge in [-0.1, -0.05) is 92.8 Å². The van der Waals surface area contributed by atoms with Crippen LogP contribution in [0.2, 0.25) is 40.2 Å². The fourth-order valence-electron chi connectivity index (χ4n) is 5.70. The molecule has 4 amide bonds. The van der Waals surface area contributed by atoms with Gasteiger partial charge in [0.1, 0.15) is 0 Å². The molecule has 2 atom stereocenters. The molecule has 5 aromatic carbocycles. The highest BCUT2D eigenvalue weighted by Crippen LogP contribution is 2.38. The molecule has 0 aliphatic rings. The van der Waals surface area contributed by atoms with Gasteiger partial charge in [0.25, 0.3) is 23.6 Å². The molecule has 0 radical (unpaired) electrons. The number of Topliss-reactive ketones (excluding diaryl/α,β-unsaturated/α-hetero) is 2. The van der Waals surface area contributed by atoms with Gasteiger partial charge in [0, 0.05) is 32.5 Å². The Labute approximate surface area is 405 Å². The maximum atomic E-state index is 13.4. The summed E-state index contributed by atoms with van der Waals surface area (Å²) >= 11 is 49.4. The van der Waals surface area contributed by atoms with Crippen LogP contribution in [-0.4, -0.2) is 47.3 Å². The Kier molecular flexibility index (Phi) is 16.9. The molecule has 5 aromatic rings. The fourth-order valence-corrected chi connectivity index (χ4v) is 7.41. The van der Waals surface area contributed by atoms with Crippen molar-refractivity contribution >= 4 is 162 Å².